The normalized spacial score (nSPS) is 15.5. The molecule has 150 valence electrons. The highest BCUT2D eigenvalue weighted by Crippen LogP contribution is 2.22. The Hall–Kier alpha value is -2.03. The first-order chi connectivity index (χ1) is 13.3. The number of thiocarbonyl (C=S) groups is 1. The Kier molecular flexibility index (Phi) is 6.32. The second-order valence-corrected chi connectivity index (χ2v) is 9.24. The van der Waals surface area contributed by atoms with Gasteiger partial charge >= 0.3 is 0 Å². The zero-order valence-corrected chi connectivity index (χ0v) is 17.6. The van der Waals surface area contributed by atoms with Crippen LogP contribution in [0.4, 0.5) is 4.39 Å². The largest absolute Gasteiger partial charge is 0.358 e. The van der Waals surface area contributed by atoms with Gasteiger partial charge in [-0.1, -0.05) is 24.3 Å². The quantitative estimate of drug-likeness (QED) is 0.770. The molecule has 0 spiro atoms. The van der Waals surface area contributed by atoms with E-state index in [0.717, 1.165) is 16.7 Å². The van der Waals surface area contributed by atoms with Gasteiger partial charge in [0.15, 0.2) is 5.11 Å². The third-order valence-corrected chi connectivity index (χ3v) is 7.29. The van der Waals surface area contributed by atoms with Crippen LogP contribution in [-0.2, 0) is 16.6 Å². The summed E-state index contributed by atoms with van der Waals surface area (Å²) in [6.07, 6.45) is 0. The molecule has 1 aliphatic heterocycles. The molecule has 0 saturated carbocycles. The zero-order chi connectivity index (χ0) is 20.3. The van der Waals surface area contributed by atoms with Gasteiger partial charge in [-0.3, -0.25) is 0 Å². The second kappa shape index (κ2) is 8.55. The fourth-order valence-corrected chi connectivity index (χ4v) is 5.13. The molecule has 0 radical (unpaired) electrons. The molecule has 0 atom stereocenters. The van der Waals surface area contributed by atoms with Crippen LogP contribution in [0, 0.1) is 19.7 Å². The van der Waals surface area contributed by atoms with E-state index in [-0.39, 0.29) is 5.82 Å². The van der Waals surface area contributed by atoms with E-state index in [4.69, 9.17) is 12.2 Å². The molecule has 8 heteroatoms. The lowest BCUT2D eigenvalue weighted by molar-refractivity contribution is 0.264. The summed E-state index contributed by atoms with van der Waals surface area (Å²) in [7, 11) is -3.52. The molecule has 1 heterocycles. The fraction of sp³-hybridized carbons (Fsp3) is 0.350. The average molecular weight is 422 g/mol. The summed E-state index contributed by atoms with van der Waals surface area (Å²) < 4.78 is 40.5. The summed E-state index contributed by atoms with van der Waals surface area (Å²) in [4.78, 5) is 2.34. The van der Waals surface area contributed by atoms with Crippen LogP contribution in [0.3, 0.4) is 0 Å². The van der Waals surface area contributed by atoms with E-state index in [1.165, 1.54) is 16.4 Å². The number of rotatable bonds is 4. The van der Waals surface area contributed by atoms with Gasteiger partial charge < -0.3 is 10.2 Å². The van der Waals surface area contributed by atoms with E-state index in [1.54, 1.807) is 18.2 Å². The van der Waals surface area contributed by atoms with Crippen molar-refractivity contribution >= 4 is 27.4 Å². The molecule has 3 rings (SSSR count). The van der Waals surface area contributed by atoms with Crippen LogP contribution in [0.1, 0.15) is 16.7 Å². The first kappa shape index (κ1) is 20.7. The molecule has 0 aromatic heterocycles. The van der Waals surface area contributed by atoms with Crippen molar-refractivity contribution < 1.29 is 12.8 Å². The van der Waals surface area contributed by atoms with Gasteiger partial charge in [-0.15, -0.1) is 0 Å². The second-order valence-electron chi connectivity index (χ2n) is 6.95. The van der Waals surface area contributed by atoms with Crippen LogP contribution in [0.2, 0.25) is 0 Å². The maximum atomic E-state index is 13.0. The fourth-order valence-electron chi connectivity index (χ4n) is 3.15. The van der Waals surface area contributed by atoms with Gasteiger partial charge in [-0.05, 0) is 61.0 Å². The molecule has 0 bridgehead atoms. The lowest BCUT2D eigenvalue weighted by Gasteiger charge is -2.35. The van der Waals surface area contributed by atoms with Gasteiger partial charge in [0, 0.05) is 32.7 Å². The van der Waals surface area contributed by atoms with E-state index in [0.29, 0.717) is 42.7 Å². The Morgan fingerprint density at radius 2 is 1.71 bits per heavy atom. The lowest BCUT2D eigenvalue weighted by atomic mass is 10.2. The van der Waals surface area contributed by atoms with Crippen LogP contribution < -0.4 is 5.32 Å². The number of sulfonamides is 1. The Bertz CT molecular complexity index is 954. The molecule has 1 aliphatic rings. The number of nitrogens with one attached hydrogen (secondary N) is 1. The van der Waals surface area contributed by atoms with Crippen LogP contribution >= 0.6 is 12.2 Å². The summed E-state index contributed by atoms with van der Waals surface area (Å²) in [6.45, 7) is 6.03. The molecule has 28 heavy (non-hydrogen) atoms. The molecule has 0 unspecified atom stereocenters. The summed E-state index contributed by atoms with van der Waals surface area (Å²) in [6, 6.07) is 11.7. The maximum Gasteiger partial charge on any atom is 0.243 e. The minimum Gasteiger partial charge on any atom is -0.358 e. The molecule has 0 aliphatic carbocycles. The van der Waals surface area contributed by atoms with Gasteiger partial charge in [0.25, 0.3) is 0 Å². The van der Waals surface area contributed by atoms with E-state index < -0.39 is 10.0 Å². The minimum absolute atomic E-state index is 0.271. The number of hydrogen-bond acceptors (Lipinski definition) is 3. The smallest absolute Gasteiger partial charge is 0.243 e. The van der Waals surface area contributed by atoms with Crippen molar-refractivity contribution in [2.45, 2.75) is 25.3 Å². The van der Waals surface area contributed by atoms with E-state index in [1.807, 2.05) is 30.9 Å². The number of benzene rings is 2. The molecule has 5 nitrogen and oxygen atoms in total. The van der Waals surface area contributed by atoms with Crippen molar-refractivity contribution in [3.8, 4) is 0 Å². The van der Waals surface area contributed by atoms with E-state index in [9.17, 15) is 12.8 Å². The Morgan fingerprint density at radius 1 is 1.07 bits per heavy atom. The summed E-state index contributed by atoms with van der Waals surface area (Å²) in [5.41, 5.74) is 2.61. The van der Waals surface area contributed by atoms with Crippen molar-refractivity contribution in [2.24, 2.45) is 0 Å². The molecular weight excluding hydrogens is 397 g/mol. The van der Waals surface area contributed by atoms with Gasteiger partial charge in [0.1, 0.15) is 5.82 Å². The molecule has 1 N–H and O–H groups in total. The van der Waals surface area contributed by atoms with Crippen LogP contribution in [-0.4, -0.2) is 48.9 Å². The summed E-state index contributed by atoms with van der Waals surface area (Å²) in [5, 5.41) is 3.73. The SMILES string of the molecule is Cc1ccc(C)c(S(=O)(=O)N2CCN(C(=S)NCc3ccc(F)cc3)CC2)c1. The standard InChI is InChI=1S/C20H24FN3O2S2/c1-15-3-4-16(2)19(13-15)28(25,26)24-11-9-23(10-12-24)20(27)22-14-17-5-7-18(21)8-6-17/h3-8,13H,9-12,14H2,1-2H3,(H,22,27). The summed E-state index contributed by atoms with van der Waals surface area (Å²) >= 11 is 5.44. The predicted molar refractivity (Wildman–Crippen MR) is 112 cm³/mol. The topological polar surface area (TPSA) is 52.7 Å². The third-order valence-electron chi connectivity index (χ3n) is 4.84. The zero-order valence-electron chi connectivity index (χ0n) is 16.0. The van der Waals surface area contributed by atoms with Crippen molar-refractivity contribution in [1.82, 2.24) is 14.5 Å². The number of hydrogen-bond donors (Lipinski definition) is 1. The number of halogens is 1. The Morgan fingerprint density at radius 3 is 2.36 bits per heavy atom. The average Bonchev–Trinajstić information content (AvgIpc) is 2.69. The molecule has 1 saturated heterocycles. The third kappa shape index (κ3) is 4.68. The van der Waals surface area contributed by atoms with Crippen LogP contribution in [0.5, 0.6) is 0 Å². The van der Waals surface area contributed by atoms with Gasteiger partial charge in [-0.25, -0.2) is 12.8 Å². The van der Waals surface area contributed by atoms with Crippen LogP contribution in [0.25, 0.3) is 0 Å². The van der Waals surface area contributed by atoms with Crippen molar-refractivity contribution in [2.75, 3.05) is 26.2 Å². The number of aryl methyl sites for hydroxylation is 2. The lowest BCUT2D eigenvalue weighted by Crippen LogP contribution is -2.52. The maximum absolute atomic E-state index is 13.0. The first-order valence-corrected chi connectivity index (χ1v) is 11.0. The van der Waals surface area contributed by atoms with Crippen molar-refractivity contribution in [3.63, 3.8) is 0 Å². The van der Waals surface area contributed by atoms with Crippen molar-refractivity contribution in [1.29, 1.82) is 0 Å². The van der Waals surface area contributed by atoms with E-state index >= 15 is 0 Å². The van der Waals surface area contributed by atoms with Crippen LogP contribution in [0.15, 0.2) is 47.4 Å². The molecule has 2 aromatic rings. The molecule has 0 amide bonds. The number of piperazine rings is 1. The monoisotopic (exact) mass is 421 g/mol. The first-order valence-electron chi connectivity index (χ1n) is 9.12. The molecular formula is C20H24FN3O2S2. The van der Waals surface area contributed by atoms with Gasteiger partial charge in [0.2, 0.25) is 10.0 Å². The molecule has 1 fully saturated rings. The van der Waals surface area contributed by atoms with Crippen molar-refractivity contribution in [3.05, 3.63) is 65.0 Å². The molecule has 2 aromatic carbocycles. The highest BCUT2D eigenvalue weighted by Gasteiger charge is 2.30. The predicted octanol–water partition coefficient (Wildman–Crippen LogP) is 2.82. The highest BCUT2D eigenvalue weighted by atomic mass is 32.2. The highest BCUT2D eigenvalue weighted by molar-refractivity contribution is 7.89. The van der Waals surface area contributed by atoms with E-state index in [2.05, 4.69) is 5.32 Å². The minimum atomic E-state index is -3.52. The van der Waals surface area contributed by atoms with Gasteiger partial charge in [-0.2, -0.15) is 4.31 Å². The van der Waals surface area contributed by atoms with Gasteiger partial charge in [0.05, 0.1) is 4.90 Å². The summed E-state index contributed by atoms with van der Waals surface area (Å²) in [5.74, 6) is -0.271. The number of nitrogens with zero attached hydrogens (tertiary/aromatic N) is 2. The Balaban J connectivity index is 1.58. The Labute approximate surface area is 171 Å².